The molecule has 0 radical (unpaired) electrons. The number of nitrogens with one attached hydrogen (secondary N) is 2. The van der Waals surface area contributed by atoms with Gasteiger partial charge in [-0.2, -0.15) is 0 Å². The van der Waals surface area contributed by atoms with Gasteiger partial charge in [0.15, 0.2) is 0 Å². The molecule has 1 saturated heterocycles. The molecule has 1 aromatic carbocycles. The molecule has 104 valence electrons. The highest BCUT2D eigenvalue weighted by molar-refractivity contribution is 5.88. The maximum absolute atomic E-state index is 11.0. The van der Waals surface area contributed by atoms with Crippen molar-refractivity contribution in [2.45, 2.75) is 32.9 Å². The van der Waals surface area contributed by atoms with Gasteiger partial charge in [0.05, 0.1) is 0 Å². The molecule has 1 heterocycles. The van der Waals surface area contributed by atoms with E-state index in [2.05, 4.69) is 41.5 Å². The molecule has 1 fully saturated rings. The zero-order valence-electron chi connectivity index (χ0n) is 12.0. The van der Waals surface area contributed by atoms with Gasteiger partial charge in [0.25, 0.3) is 0 Å². The number of piperazine rings is 1. The van der Waals surface area contributed by atoms with Gasteiger partial charge in [0.2, 0.25) is 5.91 Å². The van der Waals surface area contributed by atoms with E-state index in [-0.39, 0.29) is 11.4 Å². The van der Waals surface area contributed by atoms with Gasteiger partial charge in [-0.3, -0.25) is 9.69 Å². The summed E-state index contributed by atoms with van der Waals surface area (Å²) in [6, 6.07) is 8.09. The van der Waals surface area contributed by atoms with Crippen molar-refractivity contribution in [2.75, 3.05) is 25.0 Å². The smallest absolute Gasteiger partial charge is 0.221 e. The first-order valence-corrected chi connectivity index (χ1v) is 6.78. The minimum Gasteiger partial charge on any atom is -0.326 e. The van der Waals surface area contributed by atoms with Gasteiger partial charge in [0, 0.05) is 44.3 Å². The minimum absolute atomic E-state index is 0.0309. The van der Waals surface area contributed by atoms with Crippen LogP contribution in [0.2, 0.25) is 0 Å². The third-order valence-corrected chi connectivity index (χ3v) is 3.33. The van der Waals surface area contributed by atoms with E-state index in [9.17, 15) is 4.79 Å². The first kappa shape index (κ1) is 14.0. The Morgan fingerprint density at radius 3 is 2.63 bits per heavy atom. The van der Waals surface area contributed by atoms with Crippen molar-refractivity contribution in [2.24, 2.45) is 0 Å². The third-order valence-electron chi connectivity index (χ3n) is 3.33. The molecule has 0 aliphatic carbocycles. The molecule has 0 aromatic heterocycles. The van der Waals surface area contributed by atoms with Crippen LogP contribution < -0.4 is 10.6 Å². The van der Waals surface area contributed by atoms with Crippen LogP contribution >= 0.6 is 0 Å². The molecule has 2 rings (SSSR count). The van der Waals surface area contributed by atoms with Crippen molar-refractivity contribution in [3.63, 3.8) is 0 Å². The highest BCUT2D eigenvalue weighted by atomic mass is 16.1. The minimum atomic E-state index is -0.0309. The van der Waals surface area contributed by atoms with Gasteiger partial charge < -0.3 is 10.6 Å². The van der Waals surface area contributed by atoms with Crippen LogP contribution in [-0.2, 0) is 11.3 Å². The van der Waals surface area contributed by atoms with Crippen molar-refractivity contribution in [3.05, 3.63) is 29.8 Å². The normalized spacial score (nSPS) is 19.1. The lowest BCUT2D eigenvalue weighted by Crippen LogP contribution is -2.56. The molecule has 2 N–H and O–H groups in total. The van der Waals surface area contributed by atoms with Crippen LogP contribution in [0.5, 0.6) is 0 Å². The van der Waals surface area contributed by atoms with E-state index in [1.807, 2.05) is 12.1 Å². The topological polar surface area (TPSA) is 44.4 Å². The van der Waals surface area contributed by atoms with E-state index in [1.165, 1.54) is 12.5 Å². The molecule has 1 aliphatic rings. The van der Waals surface area contributed by atoms with E-state index in [0.717, 1.165) is 31.9 Å². The Morgan fingerprint density at radius 2 is 2.05 bits per heavy atom. The fourth-order valence-corrected chi connectivity index (χ4v) is 2.54. The second kappa shape index (κ2) is 5.72. The fourth-order valence-electron chi connectivity index (χ4n) is 2.54. The number of anilines is 1. The molecule has 0 bridgehead atoms. The SMILES string of the molecule is CC(=O)Nc1ccc(CN2CCNC(C)(C)C2)cc1. The number of amides is 1. The van der Waals surface area contributed by atoms with Crippen LogP contribution in [0.15, 0.2) is 24.3 Å². The Morgan fingerprint density at radius 1 is 1.37 bits per heavy atom. The van der Waals surface area contributed by atoms with E-state index >= 15 is 0 Å². The summed E-state index contributed by atoms with van der Waals surface area (Å²) in [5.41, 5.74) is 2.33. The number of rotatable bonds is 3. The maximum Gasteiger partial charge on any atom is 0.221 e. The van der Waals surface area contributed by atoms with Gasteiger partial charge in [-0.1, -0.05) is 12.1 Å². The van der Waals surface area contributed by atoms with Crippen LogP contribution in [0.25, 0.3) is 0 Å². The lowest BCUT2D eigenvalue weighted by atomic mass is 10.0. The molecule has 19 heavy (non-hydrogen) atoms. The summed E-state index contributed by atoms with van der Waals surface area (Å²) in [6.45, 7) is 10.1. The number of benzene rings is 1. The van der Waals surface area contributed by atoms with Crippen molar-refractivity contribution in [1.29, 1.82) is 0 Å². The fraction of sp³-hybridized carbons (Fsp3) is 0.533. The molecular weight excluding hydrogens is 238 g/mol. The highest BCUT2D eigenvalue weighted by Gasteiger charge is 2.25. The van der Waals surface area contributed by atoms with Crippen molar-refractivity contribution >= 4 is 11.6 Å². The Bertz CT molecular complexity index is 439. The summed E-state index contributed by atoms with van der Waals surface area (Å²) in [5.74, 6) is -0.0309. The van der Waals surface area contributed by atoms with Crippen LogP contribution in [0.3, 0.4) is 0 Å². The van der Waals surface area contributed by atoms with E-state index in [0.29, 0.717) is 0 Å². The van der Waals surface area contributed by atoms with Crippen molar-refractivity contribution < 1.29 is 4.79 Å². The summed E-state index contributed by atoms with van der Waals surface area (Å²) in [5, 5.41) is 6.30. The summed E-state index contributed by atoms with van der Waals surface area (Å²) >= 11 is 0. The second-order valence-electron chi connectivity index (χ2n) is 5.90. The van der Waals surface area contributed by atoms with Gasteiger partial charge in [-0.15, -0.1) is 0 Å². The van der Waals surface area contributed by atoms with Crippen LogP contribution in [-0.4, -0.2) is 36.0 Å². The van der Waals surface area contributed by atoms with E-state index in [4.69, 9.17) is 0 Å². The second-order valence-corrected chi connectivity index (χ2v) is 5.90. The molecule has 1 amide bonds. The first-order valence-electron chi connectivity index (χ1n) is 6.78. The molecule has 0 spiro atoms. The lowest BCUT2D eigenvalue weighted by Gasteiger charge is -2.39. The van der Waals surface area contributed by atoms with Gasteiger partial charge >= 0.3 is 0 Å². The van der Waals surface area contributed by atoms with Crippen molar-refractivity contribution in [1.82, 2.24) is 10.2 Å². The molecule has 1 aromatic rings. The Kier molecular flexibility index (Phi) is 4.22. The quantitative estimate of drug-likeness (QED) is 0.872. The number of carbonyl (C=O) groups is 1. The number of hydrogen-bond donors (Lipinski definition) is 2. The predicted octanol–water partition coefficient (Wildman–Crippen LogP) is 1.83. The van der Waals surface area contributed by atoms with Gasteiger partial charge in [0.1, 0.15) is 0 Å². The number of nitrogens with zero attached hydrogens (tertiary/aromatic N) is 1. The molecule has 0 atom stereocenters. The zero-order valence-corrected chi connectivity index (χ0v) is 12.0. The average Bonchev–Trinajstić information content (AvgIpc) is 2.30. The Balaban J connectivity index is 1.94. The van der Waals surface area contributed by atoms with Crippen molar-refractivity contribution in [3.8, 4) is 0 Å². The molecule has 4 heteroatoms. The van der Waals surface area contributed by atoms with Crippen LogP contribution in [0, 0.1) is 0 Å². The van der Waals surface area contributed by atoms with Crippen LogP contribution in [0.1, 0.15) is 26.3 Å². The number of carbonyl (C=O) groups excluding carboxylic acids is 1. The lowest BCUT2D eigenvalue weighted by molar-refractivity contribution is -0.114. The average molecular weight is 261 g/mol. The molecule has 4 nitrogen and oxygen atoms in total. The molecule has 1 aliphatic heterocycles. The predicted molar refractivity (Wildman–Crippen MR) is 78.1 cm³/mol. The Hall–Kier alpha value is -1.39. The summed E-state index contributed by atoms with van der Waals surface area (Å²) in [6.07, 6.45) is 0. The molecule has 0 unspecified atom stereocenters. The summed E-state index contributed by atoms with van der Waals surface area (Å²) in [7, 11) is 0. The summed E-state index contributed by atoms with van der Waals surface area (Å²) < 4.78 is 0. The first-order chi connectivity index (χ1) is 8.94. The zero-order chi connectivity index (χ0) is 13.9. The van der Waals surface area contributed by atoms with Crippen LogP contribution in [0.4, 0.5) is 5.69 Å². The maximum atomic E-state index is 11.0. The van der Waals surface area contributed by atoms with Gasteiger partial charge in [-0.05, 0) is 31.5 Å². The van der Waals surface area contributed by atoms with E-state index < -0.39 is 0 Å². The highest BCUT2D eigenvalue weighted by Crippen LogP contribution is 2.15. The number of hydrogen-bond acceptors (Lipinski definition) is 3. The molecule has 0 saturated carbocycles. The molecular formula is C15H23N3O. The third kappa shape index (κ3) is 4.33. The van der Waals surface area contributed by atoms with Gasteiger partial charge in [-0.25, -0.2) is 0 Å². The largest absolute Gasteiger partial charge is 0.326 e. The standard InChI is InChI=1S/C15H23N3O/c1-12(19)17-14-6-4-13(5-7-14)10-18-9-8-16-15(2,3)11-18/h4-7,16H,8-11H2,1-3H3,(H,17,19). The summed E-state index contributed by atoms with van der Waals surface area (Å²) in [4.78, 5) is 13.4. The Labute approximate surface area is 115 Å². The monoisotopic (exact) mass is 261 g/mol. The van der Waals surface area contributed by atoms with E-state index in [1.54, 1.807) is 0 Å².